The topological polar surface area (TPSA) is 97.0 Å². The van der Waals surface area contributed by atoms with Gasteiger partial charge in [0.2, 0.25) is 17.7 Å². The van der Waals surface area contributed by atoms with E-state index in [1.54, 1.807) is 6.92 Å². The maximum absolute atomic E-state index is 13.2. The Hall–Kier alpha value is -3.20. The van der Waals surface area contributed by atoms with E-state index in [9.17, 15) is 9.18 Å². The Morgan fingerprint density at radius 3 is 2.77 bits per heavy atom. The predicted octanol–water partition coefficient (Wildman–Crippen LogP) is 2.88. The summed E-state index contributed by atoms with van der Waals surface area (Å²) in [5.41, 5.74) is 2.35. The third kappa shape index (κ3) is 3.56. The summed E-state index contributed by atoms with van der Waals surface area (Å²) in [5.74, 6) is 1.47. The fourth-order valence-corrected chi connectivity index (χ4v) is 4.20. The zero-order chi connectivity index (χ0) is 20.8. The molecule has 2 fully saturated rings. The highest BCUT2D eigenvalue weighted by atomic mass is 19.1. The number of aromatic nitrogens is 4. The minimum Gasteiger partial charge on any atom is -0.424 e. The molecule has 0 bridgehead atoms. The van der Waals surface area contributed by atoms with Crippen molar-refractivity contribution in [3.8, 4) is 11.4 Å². The normalized spacial score (nSPS) is 22.7. The molecule has 1 saturated heterocycles. The summed E-state index contributed by atoms with van der Waals surface area (Å²) in [6, 6.07) is 5.72. The number of hydrogen-bond donors (Lipinski definition) is 1. The average molecular weight is 408 g/mol. The van der Waals surface area contributed by atoms with Gasteiger partial charge in [0.15, 0.2) is 11.6 Å². The molecule has 3 atom stereocenters. The number of piperidine rings is 1. The fraction of sp³-hybridized carbons (Fsp3) is 0.381. The molecule has 2 aromatic heterocycles. The van der Waals surface area contributed by atoms with Gasteiger partial charge in [0.25, 0.3) is 0 Å². The number of rotatable bonds is 5. The second kappa shape index (κ2) is 7.24. The Balaban J connectivity index is 1.33. The van der Waals surface area contributed by atoms with E-state index in [-0.39, 0.29) is 11.9 Å². The molecule has 1 N–H and O–H groups in total. The molecule has 1 amide bonds. The van der Waals surface area contributed by atoms with Gasteiger partial charge in [-0.25, -0.2) is 14.4 Å². The lowest BCUT2D eigenvalue weighted by atomic mass is 10.1. The summed E-state index contributed by atoms with van der Waals surface area (Å²) in [5, 5.41) is 11.0. The lowest BCUT2D eigenvalue weighted by molar-refractivity contribution is -0.121. The number of aryl methyl sites for hydroxylation is 2. The van der Waals surface area contributed by atoms with Crippen LogP contribution < -0.4 is 5.32 Å². The van der Waals surface area contributed by atoms with Gasteiger partial charge < -0.3 is 9.73 Å². The van der Waals surface area contributed by atoms with Crippen molar-refractivity contribution < 1.29 is 13.6 Å². The van der Waals surface area contributed by atoms with Crippen LogP contribution in [0.1, 0.15) is 30.2 Å². The highest BCUT2D eigenvalue weighted by Crippen LogP contribution is 2.48. The van der Waals surface area contributed by atoms with Gasteiger partial charge in [0.1, 0.15) is 0 Å². The summed E-state index contributed by atoms with van der Waals surface area (Å²) in [6.45, 7) is 4.15. The van der Waals surface area contributed by atoms with Crippen LogP contribution in [0, 0.1) is 25.6 Å². The molecular formula is C21H21FN6O2. The van der Waals surface area contributed by atoms with Gasteiger partial charge in [0, 0.05) is 24.2 Å². The molecule has 0 spiro atoms. The first kappa shape index (κ1) is 18.8. The van der Waals surface area contributed by atoms with Gasteiger partial charge in [-0.3, -0.25) is 9.69 Å². The van der Waals surface area contributed by atoms with E-state index in [1.165, 1.54) is 0 Å². The number of carbonyl (C=O) groups is 1. The van der Waals surface area contributed by atoms with E-state index in [4.69, 9.17) is 4.42 Å². The van der Waals surface area contributed by atoms with E-state index in [0.29, 0.717) is 41.8 Å². The third-order valence-electron chi connectivity index (χ3n) is 5.79. The second-order valence-electron chi connectivity index (χ2n) is 7.95. The van der Waals surface area contributed by atoms with Crippen LogP contribution in [0.3, 0.4) is 0 Å². The van der Waals surface area contributed by atoms with Crippen LogP contribution in [-0.4, -0.2) is 43.1 Å². The van der Waals surface area contributed by atoms with E-state index in [2.05, 4.69) is 30.4 Å². The maximum Gasteiger partial charge on any atom is 0.241 e. The molecule has 2 unspecified atom stereocenters. The Bertz CT molecular complexity index is 1100. The molecule has 3 heterocycles. The number of carbonyl (C=O) groups excluding carboxylic acids is 1. The summed E-state index contributed by atoms with van der Waals surface area (Å²) in [7, 11) is 0. The van der Waals surface area contributed by atoms with Crippen LogP contribution in [0.5, 0.6) is 0 Å². The van der Waals surface area contributed by atoms with E-state index < -0.39 is 5.82 Å². The summed E-state index contributed by atoms with van der Waals surface area (Å²) < 4.78 is 18.7. The molecule has 154 valence electrons. The molecule has 30 heavy (non-hydrogen) atoms. The van der Waals surface area contributed by atoms with Crippen molar-refractivity contribution in [1.82, 2.24) is 25.1 Å². The number of nitrogens with zero attached hydrogens (tertiary/aromatic N) is 5. The SMILES string of the molecule is Cc1nnc(CN2C(C(=O)Nc3ccc(C)c(-c4ncc(F)cn4)c3)CC3C[C@H]32)o1. The molecule has 2 aliphatic rings. The highest BCUT2D eigenvalue weighted by Gasteiger charge is 2.54. The predicted molar refractivity (Wildman–Crippen MR) is 106 cm³/mol. The minimum absolute atomic E-state index is 0.0618. The van der Waals surface area contributed by atoms with Gasteiger partial charge in [-0.1, -0.05) is 6.07 Å². The first-order valence-corrected chi connectivity index (χ1v) is 9.92. The molecule has 1 saturated carbocycles. The van der Waals surface area contributed by atoms with E-state index in [0.717, 1.165) is 36.4 Å². The van der Waals surface area contributed by atoms with E-state index >= 15 is 0 Å². The number of amides is 1. The quantitative estimate of drug-likeness (QED) is 0.693. The van der Waals surface area contributed by atoms with E-state index in [1.807, 2.05) is 25.1 Å². The molecule has 1 aliphatic carbocycles. The summed E-state index contributed by atoms with van der Waals surface area (Å²) in [4.78, 5) is 23.3. The van der Waals surface area contributed by atoms with Crippen LogP contribution >= 0.6 is 0 Å². The Kier molecular flexibility index (Phi) is 4.54. The molecule has 1 aromatic carbocycles. The zero-order valence-corrected chi connectivity index (χ0v) is 16.7. The van der Waals surface area contributed by atoms with Crippen LogP contribution in [-0.2, 0) is 11.3 Å². The maximum atomic E-state index is 13.2. The number of likely N-dealkylation sites (tertiary alicyclic amines) is 1. The third-order valence-corrected chi connectivity index (χ3v) is 5.79. The van der Waals surface area contributed by atoms with Gasteiger partial charge in [0.05, 0.1) is 25.0 Å². The Labute approximate surface area is 172 Å². The zero-order valence-electron chi connectivity index (χ0n) is 16.7. The molecule has 3 aromatic rings. The number of benzene rings is 1. The van der Waals surface area contributed by atoms with Crippen molar-refractivity contribution in [3.05, 3.63) is 53.8 Å². The molecule has 9 heteroatoms. The second-order valence-corrected chi connectivity index (χ2v) is 7.95. The summed E-state index contributed by atoms with van der Waals surface area (Å²) in [6.07, 6.45) is 4.20. The van der Waals surface area contributed by atoms with Crippen molar-refractivity contribution in [1.29, 1.82) is 0 Å². The lowest BCUT2D eigenvalue weighted by Crippen LogP contribution is -2.41. The largest absolute Gasteiger partial charge is 0.424 e. The van der Waals surface area contributed by atoms with Crippen molar-refractivity contribution in [2.75, 3.05) is 5.32 Å². The Morgan fingerprint density at radius 1 is 1.23 bits per heavy atom. The van der Waals surface area contributed by atoms with Crippen LogP contribution in [0.15, 0.2) is 35.0 Å². The number of fused-ring (bicyclic) bond motifs is 1. The minimum atomic E-state index is -0.489. The first-order chi connectivity index (χ1) is 14.5. The standard InChI is InChI=1S/C21H21FN6O2/c1-11-3-4-15(7-16(11)20-23-8-14(22)9-24-20)25-21(29)18-6-13-5-17(13)28(18)10-19-27-26-12(2)30-19/h3-4,7-9,13,17-18H,5-6,10H2,1-2H3,(H,25,29)/t13?,17-,18?/m1/s1. The number of halogens is 1. The highest BCUT2D eigenvalue weighted by molar-refractivity contribution is 5.95. The molecular weight excluding hydrogens is 387 g/mol. The summed E-state index contributed by atoms with van der Waals surface area (Å²) >= 11 is 0. The van der Waals surface area contributed by atoms with Gasteiger partial charge in [-0.05, 0) is 43.4 Å². The lowest BCUT2D eigenvalue weighted by Gasteiger charge is -2.25. The monoisotopic (exact) mass is 408 g/mol. The first-order valence-electron chi connectivity index (χ1n) is 9.92. The van der Waals surface area contributed by atoms with Crippen LogP contribution in [0.4, 0.5) is 10.1 Å². The van der Waals surface area contributed by atoms with Crippen molar-refractivity contribution in [2.45, 2.75) is 45.3 Å². The van der Waals surface area contributed by atoms with Gasteiger partial charge in [-0.2, -0.15) is 0 Å². The van der Waals surface area contributed by atoms with Crippen LogP contribution in [0.2, 0.25) is 0 Å². The molecule has 0 radical (unpaired) electrons. The average Bonchev–Trinajstić information content (AvgIpc) is 3.24. The van der Waals surface area contributed by atoms with Crippen molar-refractivity contribution >= 4 is 11.6 Å². The molecule has 8 nitrogen and oxygen atoms in total. The van der Waals surface area contributed by atoms with Gasteiger partial charge >= 0.3 is 0 Å². The molecule has 5 rings (SSSR count). The number of hydrogen-bond acceptors (Lipinski definition) is 7. The van der Waals surface area contributed by atoms with Crippen molar-refractivity contribution in [3.63, 3.8) is 0 Å². The molecule has 1 aliphatic heterocycles. The number of nitrogens with one attached hydrogen (secondary N) is 1. The smallest absolute Gasteiger partial charge is 0.241 e. The van der Waals surface area contributed by atoms with Crippen LogP contribution in [0.25, 0.3) is 11.4 Å². The Morgan fingerprint density at radius 2 is 2.03 bits per heavy atom. The van der Waals surface area contributed by atoms with Crippen molar-refractivity contribution in [2.24, 2.45) is 5.92 Å². The fourth-order valence-electron chi connectivity index (χ4n) is 4.20. The van der Waals surface area contributed by atoms with Gasteiger partial charge in [-0.15, -0.1) is 10.2 Å². The number of anilines is 1.